The van der Waals surface area contributed by atoms with Crippen LogP contribution in [0.1, 0.15) is 72.6 Å². The molecule has 0 aromatic rings. The molecule has 0 spiro atoms. The van der Waals surface area contributed by atoms with Crippen LogP contribution in [0.15, 0.2) is 0 Å². The van der Waals surface area contributed by atoms with Gasteiger partial charge in [0.2, 0.25) is 0 Å². The Labute approximate surface area is 174 Å². The van der Waals surface area contributed by atoms with Crippen LogP contribution < -0.4 is 0 Å². The molecule has 0 amide bonds. The van der Waals surface area contributed by atoms with Crippen LogP contribution in [0.4, 0.5) is 26.3 Å². The Morgan fingerprint density at radius 3 is 1.79 bits per heavy atom. The molecule has 176 valence electrons. The summed E-state index contributed by atoms with van der Waals surface area (Å²) in [5.74, 6) is 0.518. The SMILES string of the molecule is CC[C@H](CCC[C@@H](CCC(C)(O)C(F)(F)F)C(C)CSC)CC(C)(O)C(F)(F)F. The van der Waals surface area contributed by atoms with Crippen LogP contribution in [-0.2, 0) is 0 Å². The number of aliphatic hydroxyl groups is 2. The minimum Gasteiger partial charge on any atom is -0.381 e. The predicted molar refractivity (Wildman–Crippen MR) is 106 cm³/mol. The monoisotopic (exact) mass is 454 g/mol. The molecule has 0 saturated heterocycles. The zero-order valence-corrected chi connectivity index (χ0v) is 18.8. The summed E-state index contributed by atoms with van der Waals surface area (Å²) in [4.78, 5) is 0. The topological polar surface area (TPSA) is 40.5 Å². The molecule has 3 unspecified atom stereocenters. The van der Waals surface area contributed by atoms with Gasteiger partial charge in [0.05, 0.1) is 0 Å². The van der Waals surface area contributed by atoms with Crippen LogP contribution >= 0.6 is 11.8 Å². The minimum absolute atomic E-state index is 0.0584. The highest BCUT2D eigenvalue weighted by Crippen LogP contribution is 2.39. The third-order valence-corrected chi connectivity index (χ3v) is 6.77. The third kappa shape index (κ3) is 9.68. The molecule has 0 radical (unpaired) electrons. The van der Waals surface area contributed by atoms with Crippen molar-refractivity contribution in [3.05, 3.63) is 0 Å². The van der Waals surface area contributed by atoms with Crippen LogP contribution in [-0.4, -0.2) is 45.8 Å². The van der Waals surface area contributed by atoms with E-state index in [1.165, 1.54) is 0 Å². The van der Waals surface area contributed by atoms with Crippen molar-refractivity contribution >= 4 is 11.8 Å². The highest BCUT2D eigenvalue weighted by Gasteiger charge is 2.51. The smallest absolute Gasteiger partial charge is 0.381 e. The highest BCUT2D eigenvalue weighted by atomic mass is 32.2. The van der Waals surface area contributed by atoms with E-state index >= 15 is 0 Å². The zero-order chi connectivity index (χ0) is 23.1. The molecule has 2 N–H and O–H groups in total. The second-order valence-electron chi connectivity index (χ2n) is 8.68. The van der Waals surface area contributed by atoms with Crippen LogP contribution in [0.25, 0.3) is 0 Å². The third-order valence-electron chi connectivity index (χ3n) is 5.91. The molecule has 0 heterocycles. The minimum atomic E-state index is -4.70. The van der Waals surface area contributed by atoms with Gasteiger partial charge in [-0.1, -0.05) is 39.5 Å². The van der Waals surface area contributed by atoms with Crippen molar-refractivity contribution in [1.29, 1.82) is 0 Å². The molecule has 5 atom stereocenters. The fourth-order valence-electron chi connectivity index (χ4n) is 3.52. The van der Waals surface area contributed by atoms with Crippen LogP contribution in [0.2, 0.25) is 0 Å². The van der Waals surface area contributed by atoms with Gasteiger partial charge in [-0.05, 0) is 62.9 Å². The maximum Gasteiger partial charge on any atom is 0.416 e. The van der Waals surface area contributed by atoms with Crippen molar-refractivity contribution in [3.63, 3.8) is 0 Å². The summed E-state index contributed by atoms with van der Waals surface area (Å²) in [6.07, 6.45) is -5.96. The van der Waals surface area contributed by atoms with E-state index in [4.69, 9.17) is 0 Å². The van der Waals surface area contributed by atoms with Crippen molar-refractivity contribution < 1.29 is 36.6 Å². The summed E-state index contributed by atoms with van der Waals surface area (Å²) in [5, 5.41) is 19.4. The maximum atomic E-state index is 12.9. The fourth-order valence-corrected chi connectivity index (χ4v) is 4.32. The Morgan fingerprint density at radius 2 is 1.38 bits per heavy atom. The van der Waals surface area contributed by atoms with Gasteiger partial charge in [0, 0.05) is 0 Å². The summed E-state index contributed by atoms with van der Waals surface area (Å²) in [6.45, 7) is 5.27. The van der Waals surface area contributed by atoms with Crippen LogP contribution in [0.3, 0.4) is 0 Å². The van der Waals surface area contributed by atoms with E-state index in [1.807, 2.05) is 13.2 Å². The Balaban J connectivity index is 4.88. The van der Waals surface area contributed by atoms with Gasteiger partial charge in [0.1, 0.15) is 0 Å². The number of rotatable bonds is 13. The van der Waals surface area contributed by atoms with Crippen molar-refractivity contribution in [2.24, 2.45) is 17.8 Å². The van der Waals surface area contributed by atoms with Crippen LogP contribution in [0.5, 0.6) is 0 Å². The standard InChI is InChI=1S/C20H36F6O2S/c1-6-15(12-18(4,28)20(24,25)26)8-7-9-16(14(2)13-29-5)10-11-17(3,27)19(21,22)23/h14-16,27-28H,6-13H2,1-5H3/t14?,15-,16+,17?,18?/m1/s1. The van der Waals surface area contributed by atoms with E-state index in [1.54, 1.807) is 18.7 Å². The van der Waals surface area contributed by atoms with Gasteiger partial charge in [-0.25, -0.2) is 0 Å². The summed E-state index contributed by atoms with van der Waals surface area (Å²) < 4.78 is 77.5. The average molecular weight is 455 g/mol. The number of halogens is 6. The number of thioether (sulfide) groups is 1. The summed E-state index contributed by atoms with van der Waals surface area (Å²) in [5.41, 5.74) is -5.49. The second-order valence-corrected chi connectivity index (χ2v) is 9.59. The van der Waals surface area contributed by atoms with Gasteiger partial charge < -0.3 is 10.2 Å². The first kappa shape index (κ1) is 28.9. The Morgan fingerprint density at radius 1 is 0.862 bits per heavy atom. The van der Waals surface area contributed by atoms with Crippen molar-refractivity contribution in [2.75, 3.05) is 12.0 Å². The lowest BCUT2D eigenvalue weighted by Gasteiger charge is -2.32. The predicted octanol–water partition coefficient (Wildman–Crippen LogP) is 6.60. The Bertz CT molecular complexity index is 463. The van der Waals surface area contributed by atoms with E-state index in [2.05, 4.69) is 0 Å². The van der Waals surface area contributed by atoms with Gasteiger partial charge in [-0.3, -0.25) is 0 Å². The second kappa shape index (κ2) is 11.5. The first-order valence-corrected chi connectivity index (χ1v) is 11.4. The van der Waals surface area contributed by atoms with Gasteiger partial charge in [-0.2, -0.15) is 38.1 Å². The summed E-state index contributed by atoms with van der Waals surface area (Å²) >= 11 is 1.59. The van der Waals surface area contributed by atoms with Crippen molar-refractivity contribution in [3.8, 4) is 0 Å². The molecule has 9 heteroatoms. The molecular weight excluding hydrogens is 418 g/mol. The molecule has 0 bridgehead atoms. The molecule has 0 aliphatic carbocycles. The first-order valence-electron chi connectivity index (χ1n) is 10.1. The quantitative estimate of drug-likeness (QED) is 0.308. The average Bonchev–Trinajstić information content (AvgIpc) is 2.54. The van der Waals surface area contributed by atoms with Crippen molar-refractivity contribution in [2.45, 2.75) is 96.2 Å². The zero-order valence-electron chi connectivity index (χ0n) is 18.0. The molecular formula is C20H36F6O2S. The molecule has 29 heavy (non-hydrogen) atoms. The Hall–Kier alpha value is -0.150. The van der Waals surface area contributed by atoms with E-state index in [-0.39, 0.29) is 30.6 Å². The lowest BCUT2D eigenvalue weighted by atomic mass is 9.81. The van der Waals surface area contributed by atoms with Gasteiger partial charge in [-0.15, -0.1) is 0 Å². The van der Waals surface area contributed by atoms with E-state index in [9.17, 15) is 36.6 Å². The molecule has 0 fully saturated rings. The van der Waals surface area contributed by atoms with Crippen molar-refractivity contribution in [1.82, 2.24) is 0 Å². The molecule has 2 nitrogen and oxygen atoms in total. The first-order chi connectivity index (χ1) is 13.0. The lowest BCUT2D eigenvalue weighted by Crippen LogP contribution is -2.43. The normalized spacial score (nSPS) is 20.6. The van der Waals surface area contributed by atoms with E-state index < -0.39 is 30.0 Å². The summed E-state index contributed by atoms with van der Waals surface area (Å²) in [7, 11) is 0. The van der Waals surface area contributed by atoms with Gasteiger partial charge in [0.15, 0.2) is 11.2 Å². The molecule has 0 rings (SSSR count). The summed E-state index contributed by atoms with van der Waals surface area (Å²) in [6, 6.07) is 0. The molecule has 0 saturated carbocycles. The van der Waals surface area contributed by atoms with Gasteiger partial charge >= 0.3 is 12.4 Å². The lowest BCUT2D eigenvalue weighted by molar-refractivity contribution is -0.258. The van der Waals surface area contributed by atoms with E-state index in [0.717, 1.165) is 19.6 Å². The van der Waals surface area contributed by atoms with Gasteiger partial charge in [0.25, 0.3) is 0 Å². The number of alkyl halides is 6. The van der Waals surface area contributed by atoms with E-state index in [0.29, 0.717) is 25.7 Å². The highest BCUT2D eigenvalue weighted by molar-refractivity contribution is 7.98. The molecule has 0 aromatic carbocycles. The maximum absolute atomic E-state index is 12.9. The number of hydrogen-bond acceptors (Lipinski definition) is 3. The fraction of sp³-hybridized carbons (Fsp3) is 1.00. The Kier molecular flexibility index (Phi) is 11.4. The largest absolute Gasteiger partial charge is 0.416 e. The molecule has 0 aromatic heterocycles. The molecule has 0 aliphatic heterocycles. The van der Waals surface area contributed by atoms with Crippen LogP contribution in [0, 0.1) is 17.8 Å². The molecule has 0 aliphatic rings. The number of hydrogen-bond donors (Lipinski definition) is 2.